The minimum absolute atomic E-state index is 0.206. The van der Waals surface area contributed by atoms with Gasteiger partial charge in [0.25, 0.3) is 11.8 Å². The molecule has 0 unspecified atom stereocenters. The minimum Gasteiger partial charge on any atom is -0.494 e. The summed E-state index contributed by atoms with van der Waals surface area (Å²) in [6.07, 6.45) is 1.42. The van der Waals surface area contributed by atoms with Crippen LogP contribution >= 0.6 is 23.2 Å². The van der Waals surface area contributed by atoms with E-state index in [1.807, 2.05) is 0 Å². The van der Waals surface area contributed by atoms with E-state index >= 15 is 0 Å². The second-order valence-electron chi connectivity index (χ2n) is 5.43. The molecular formula is C19H14Cl2N2O4. The van der Waals surface area contributed by atoms with Crippen LogP contribution < -0.4 is 15.4 Å². The lowest BCUT2D eigenvalue weighted by Crippen LogP contribution is -2.14. The van der Waals surface area contributed by atoms with Crippen molar-refractivity contribution in [2.24, 2.45) is 0 Å². The van der Waals surface area contributed by atoms with Crippen LogP contribution in [0.5, 0.6) is 5.75 Å². The molecule has 1 heterocycles. The third-order valence-electron chi connectivity index (χ3n) is 3.60. The van der Waals surface area contributed by atoms with Gasteiger partial charge in [-0.2, -0.15) is 0 Å². The smallest absolute Gasteiger partial charge is 0.291 e. The van der Waals surface area contributed by atoms with Gasteiger partial charge in [0, 0.05) is 16.4 Å². The van der Waals surface area contributed by atoms with Crippen molar-refractivity contribution >= 4 is 46.4 Å². The molecule has 0 saturated heterocycles. The fraction of sp³-hybridized carbons (Fsp3) is 0.0526. The van der Waals surface area contributed by atoms with E-state index in [1.165, 1.54) is 25.5 Å². The summed E-state index contributed by atoms with van der Waals surface area (Å²) in [4.78, 5) is 24.5. The molecule has 3 rings (SSSR count). The summed E-state index contributed by atoms with van der Waals surface area (Å²) in [6, 6.07) is 12.8. The Morgan fingerprint density at radius 1 is 0.963 bits per heavy atom. The van der Waals surface area contributed by atoms with Gasteiger partial charge in [-0.3, -0.25) is 9.59 Å². The number of amides is 2. The van der Waals surface area contributed by atoms with Crippen LogP contribution in [-0.4, -0.2) is 18.9 Å². The third-order valence-corrected chi connectivity index (χ3v) is 4.10. The zero-order chi connectivity index (χ0) is 19.4. The normalized spacial score (nSPS) is 10.3. The second-order valence-corrected chi connectivity index (χ2v) is 6.27. The number of carbonyl (C=O) groups excluding carboxylic acids is 2. The zero-order valence-corrected chi connectivity index (χ0v) is 15.6. The Balaban J connectivity index is 1.71. The maximum atomic E-state index is 12.5. The van der Waals surface area contributed by atoms with Gasteiger partial charge in [0.2, 0.25) is 0 Å². The number of rotatable bonds is 5. The van der Waals surface area contributed by atoms with Gasteiger partial charge in [-0.25, -0.2) is 0 Å². The number of nitrogens with one attached hydrogen (secondary N) is 2. The molecule has 2 aromatic carbocycles. The number of benzene rings is 2. The molecule has 8 heteroatoms. The molecule has 0 spiro atoms. The van der Waals surface area contributed by atoms with Gasteiger partial charge in [0.1, 0.15) is 5.75 Å². The second kappa shape index (κ2) is 8.16. The van der Waals surface area contributed by atoms with Crippen LogP contribution in [0, 0.1) is 0 Å². The summed E-state index contributed by atoms with van der Waals surface area (Å²) < 4.78 is 10.2. The fourth-order valence-corrected chi connectivity index (χ4v) is 2.94. The highest BCUT2D eigenvalue weighted by Crippen LogP contribution is 2.32. The quantitative estimate of drug-likeness (QED) is 0.619. The first-order valence-corrected chi connectivity index (χ1v) is 8.53. The largest absolute Gasteiger partial charge is 0.494 e. The van der Waals surface area contributed by atoms with Gasteiger partial charge in [-0.15, -0.1) is 0 Å². The number of hydrogen-bond acceptors (Lipinski definition) is 4. The Hall–Kier alpha value is -2.96. The lowest BCUT2D eigenvalue weighted by molar-refractivity contribution is 0.0994. The molecule has 1 aromatic heterocycles. The van der Waals surface area contributed by atoms with Crippen molar-refractivity contribution in [1.82, 2.24) is 0 Å². The van der Waals surface area contributed by atoms with Crippen LogP contribution in [0.3, 0.4) is 0 Å². The highest BCUT2D eigenvalue weighted by molar-refractivity contribution is 6.36. The molecule has 0 aliphatic rings. The van der Waals surface area contributed by atoms with Crippen LogP contribution in [-0.2, 0) is 0 Å². The SMILES string of the molecule is COc1c(Cl)cc(Cl)cc1C(=O)Nc1ccc(NC(=O)c2ccco2)cc1. The molecule has 0 bridgehead atoms. The molecule has 0 aliphatic heterocycles. The van der Waals surface area contributed by atoms with E-state index in [4.69, 9.17) is 32.4 Å². The predicted octanol–water partition coefficient (Wildman–Crippen LogP) is 5.10. The topological polar surface area (TPSA) is 80.6 Å². The zero-order valence-electron chi connectivity index (χ0n) is 14.1. The molecular weight excluding hydrogens is 391 g/mol. The molecule has 0 fully saturated rings. The molecule has 3 aromatic rings. The van der Waals surface area contributed by atoms with Crippen molar-refractivity contribution in [1.29, 1.82) is 0 Å². The van der Waals surface area contributed by atoms with Crippen LogP contribution in [0.25, 0.3) is 0 Å². The van der Waals surface area contributed by atoms with Gasteiger partial charge in [0.15, 0.2) is 5.76 Å². The number of carbonyl (C=O) groups is 2. The lowest BCUT2D eigenvalue weighted by Gasteiger charge is -2.12. The number of anilines is 2. The highest BCUT2D eigenvalue weighted by atomic mass is 35.5. The monoisotopic (exact) mass is 404 g/mol. The summed E-state index contributed by atoms with van der Waals surface area (Å²) in [5.41, 5.74) is 1.29. The van der Waals surface area contributed by atoms with Gasteiger partial charge in [0.05, 0.1) is 24.0 Å². The molecule has 138 valence electrons. The Morgan fingerprint density at radius 2 is 1.59 bits per heavy atom. The van der Waals surface area contributed by atoms with E-state index in [0.29, 0.717) is 16.4 Å². The van der Waals surface area contributed by atoms with Crippen LogP contribution in [0.1, 0.15) is 20.9 Å². The highest BCUT2D eigenvalue weighted by Gasteiger charge is 2.17. The number of methoxy groups -OCH3 is 1. The minimum atomic E-state index is -0.427. The lowest BCUT2D eigenvalue weighted by atomic mass is 10.1. The first kappa shape index (κ1) is 18.8. The summed E-state index contributed by atoms with van der Waals surface area (Å²) >= 11 is 12.0. The predicted molar refractivity (Wildman–Crippen MR) is 104 cm³/mol. The van der Waals surface area contributed by atoms with Crippen LogP contribution in [0.15, 0.2) is 59.2 Å². The van der Waals surface area contributed by atoms with E-state index in [-0.39, 0.29) is 28.0 Å². The van der Waals surface area contributed by atoms with Crippen molar-refractivity contribution in [2.75, 3.05) is 17.7 Å². The summed E-state index contributed by atoms with van der Waals surface area (Å²) in [7, 11) is 1.42. The van der Waals surface area contributed by atoms with Crippen molar-refractivity contribution in [3.05, 3.63) is 76.2 Å². The average molecular weight is 405 g/mol. The Bertz CT molecular complexity index is 970. The van der Waals surface area contributed by atoms with E-state index < -0.39 is 5.91 Å². The molecule has 0 aliphatic carbocycles. The number of furan rings is 1. The maximum absolute atomic E-state index is 12.5. The van der Waals surface area contributed by atoms with Gasteiger partial charge < -0.3 is 19.8 Å². The van der Waals surface area contributed by atoms with Gasteiger partial charge >= 0.3 is 0 Å². The van der Waals surface area contributed by atoms with E-state index in [1.54, 1.807) is 36.4 Å². The molecule has 0 radical (unpaired) electrons. The van der Waals surface area contributed by atoms with E-state index in [2.05, 4.69) is 10.6 Å². The maximum Gasteiger partial charge on any atom is 0.291 e. The average Bonchev–Trinajstić information content (AvgIpc) is 3.17. The third kappa shape index (κ3) is 4.42. The fourth-order valence-electron chi connectivity index (χ4n) is 2.37. The van der Waals surface area contributed by atoms with Gasteiger partial charge in [-0.1, -0.05) is 23.2 Å². The number of ether oxygens (including phenoxy) is 1. The van der Waals surface area contributed by atoms with Crippen LogP contribution in [0.2, 0.25) is 10.0 Å². The number of hydrogen-bond donors (Lipinski definition) is 2. The molecule has 0 saturated carbocycles. The Labute approximate surface area is 165 Å². The van der Waals surface area contributed by atoms with Crippen molar-refractivity contribution in [3.63, 3.8) is 0 Å². The standard InChI is InChI=1S/C19H14Cl2N2O4/c1-26-17-14(9-11(20)10-15(17)21)18(24)22-12-4-6-13(7-5-12)23-19(25)16-3-2-8-27-16/h2-10H,1H3,(H,22,24)(H,23,25). The molecule has 2 N–H and O–H groups in total. The first-order chi connectivity index (χ1) is 13.0. The van der Waals surface area contributed by atoms with E-state index in [9.17, 15) is 9.59 Å². The molecule has 6 nitrogen and oxygen atoms in total. The van der Waals surface area contributed by atoms with Crippen molar-refractivity contribution in [2.45, 2.75) is 0 Å². The molecule has 0 atom stereocenters. The number of halogens is 2. The first-order valence-electron chi connectivity index (χ1n) is 7.77. The Morgan fingerprint density at radius 3 is 2.15 bits per heavy atom. The van der Waals surface area contributed by atoms with E-state index in [0.717, 1.165) is 0 Å². The van der Waals surface area contributed by atoms with Gasteiger partial charge in [-0.05, 0) is 48.5 Å². The summed E-state index contributed by atoms with van der Waals surface area (Å²) in [6.45, 7) is 0. The Kier molecular flexibility index (Phi) is 5.69. The van der Waals surface area contributed by atoms with Crippen molar-refractivity contribution < 1.29 is 18.7 Å². The van der Waals surface area contributed by atoms with Crippen LogP contribution in [0.4, 0.5) is 11.4 Å². The molecule has 2 amide bonds. The molecule has 27 heavy (non-hydrogen) atoms. The van der Waals surface area contributed by atoms with Crippen molar-refractivity contribution in [3.8, 4) is 5.75 Å². The summed E-state index contributed by atoms with van der Waals surface area (Å²) in [5.74, 6) is -0.350. The summed E-state index contributed by atoms with van der Waals surface area (Å²) in [5, 5.41) is 5.98.